The Morgan fingerprint density at radius 1 is 1.18 bits per heavy atom. The molecule has 0 aromatic rings. The summed E-state index contributed by atoms with van der Waals surface area (Å²) in [4.78, 5) is 28.1. The van der Waals surface area contributed by atoms with Crippen molar-refractivity contribution < 1.29 is 40.5 Å². The lowest BCUT2D eigenvalue weighted by Gasteiger charge is -2.59. The number of morpholine rings is 1. The summed E-state index contributed by atoms with van der Waals surface area (Å²) in [6.07, 6.45) is 13.5. The predicted octanol–water partition coefficient (Wildman–Crippen LogP) is 1.74. The normalized spacial score (nSPS) is 42.9. The van der Waals surface area contributed by atoms with Gasteiger partial charge in [0, 0.05) is 51.1 Å². The number of carbonyl (C=O) groups excluding carboxylic acids is 2. The Hall–Kier alpha value is -1.18. The summed E-state index contributed by atoms with van der Waals surface area (Å²) in [5.41, 5.74) is 1.05. The van der Waals surface area contributed by atoms with Crippen molar-refractivity contribution in [2.24, 2.45) is 34.5 Å². The van der Waals surface area contributed by atoms with E-state index in [4.69, 9.17) is 9.47 Å². The average molecular weight is 606 g/mol. The number of Topliss-reactive ketones (excluding diaryl/α,β-unsaturated/α-hetero) is 1. The van der Waals surface area contributed by atoms with Gasteiger partial charge in [-0.05, 0) is 60.8 Å². The molecule has 0 aromatic heterocycles. The van der Waals surface area contributed by atoms with Gasteiger partial charge in [-0.2, -0.15) is 0 Å². The zero-order valence-electron chi connectivity index (χ0n) is 24.3. The highest BCUT2D eigenvalue weighted by Crippen LogP contribution is 2.67. The molecular weight excluding hydrogens is 556 g/mol. The lowest BCUT2D eigenvalue weighted by molar-refractivity contribution is -0.937. The maximum Gasteiger partial charge on any atom is 0.303 e. The highest BCUT2D eigenvalue weighted by atomic mass is 79.9. The number of fused-ring (bicyclic) bond motifs is 5. The molecule has 4 aliphatic carbocycles. The number of esters is 1. The van der Waals surface area contributed by atoms with Crippen LogP contribution in [0.2, 0.25) is 0 Å². The van der Waals surface area contributed by atoms with E-state index >= 15 is 0 Å². The van der Waals surface area contributed by atoms with Crippen molar-refractivity contribution in [3.8, 4) is 0 Å². The van der Waals surface area contributed by atoms with E-state index in [0.717, 1.165) is 55.5 Å². The third-order valence-electron chi connectivity index (χ3n) is 12.4. The summed E-state index contributed by atoms with van der Waals surface area (Å²) >= 11 is 0. The zero-order chi connectivity index (χ0) is 26.7. The maximum absolute atomic E-state index is 13.3. The van der Waals surface area contributed by atoms with Crippen LogP contribution in [0.1, 0.15) is 72.1 Å². The second-order valence-electron chi connectivity index (χ2n) is 14.0. The summed E-state index contributed by atoms with van der Waals surface area (Å²) in [6.45, 7) is 17.1. The first-order valence-corrected chi connectivity index (χ1v) is 15.4. The van der Waals surface area contributed by atoms with E-state index in [9.17, 15) is 9.59 Å². The molecule has 6 nitrogen and oxygen atoms in total. The number of quaternary nitrogens is 1. The molecular formula is C32H49BrN2O4. The summed E-state index contributed by atoms with van der Waals surface area (Å²) < 4.78 is 13.0. The van der Waals surface area contributed by atoms with E-state index in [2.05, 4.69) is 37.5 Å². The van der Waals surface area contributed by atoms with Crippen molar-refractivity contribution >= 4 is 11.8 Å². The standard InChI is InChI=1S/C32H49N2O4.BrH/c1-5-14-34(15-6-7-16-34)28-20-26-24-9-8-23-19-29(36)27(33-12-17-37-18-13-33)21-32(23,4)25(24)10-11-31(26,3)30(28)38-22(2)35;/h5,21,23-26,28,30H,1,6-20H2,2-4H3;1H/q+1;/p-1. The van der Waals surface area contributed by atoms with E-state index in [-0.39, 0.29) is 39.9 Å². The SMILES string of the molecule is C=CC[N+]1(C2CC3C4CCC5CC(=O)C(N6CCOCC6)=CC5(C)C4CCC3(C)C2OC(C)=O)CCCC1.[Br-]. The summed E-state index contributed by atoms with van der Waals surface area (Å²) in [5.74, 6) is 2.44. The first-order chi connectivity index (χ1) is 18.2. The molecule has 2 aliphatic heterocycles. The topological polar surface area (TPSA) is 55.8 Å². The van der Waals surface area contributed by atoms with Gasteiger partial charge < -0.3 is 35.8 Å². The largest absolute Gasteiger partial charge is 1.00 e. The number of halogens is 1. The Morgan fingerprint density at radius 3 is 2.56 bits per heavy atom. The van der Waals surface area contributed by atoms with Gasteiger partial charge in [0.2, 0.25) is 0 Å². The smallest absolute Gasteiger partial charge is 0.303 e. The Bertz CT molecular complexity index is 1000. The van der Waals surface area contributed by atoms with Gasteiger partial charge in [-0.3, -0.25) is 9.59 Å². The predicted molar refractivity (Wildman–Crippen MR) is 147 cm³/mol. The van der Waals surface area contributed by atoms with Crippen molar-refractivity contribution in [1.82, 2.24) is 4.90 Å². The number of rotatable bonds is 5. The zero-order valence-corrected chi connectivity index (χ0v) is 25.9. The fourth-order valence-corrected chi connectivity index (χ4v) is 10.5. The first-order valence-electron chi connectivity index (χ1n) is 15.4. The van der Waals surface area contributed by atoms with Gasteiger partial charge in [0.1, 0.15) is 6.04 Å². The molecule has 5 fully saturated rings. The number of nitrogens with zero attached hydrogens (tertiary/aromatic N) is 2. The van der Waals surface area contributed by atoms with E-state index in [1.807, 2.05) is 0 Å². The molecule has 8 atom stereocenters. The highest BCUT2D eigenvalue weighted by Gasteiger charge is 2.67. The van der Waals surface area contributed by atoms with Gasteiger partial charge in [-0.15, -0.1) is 0 Å². The number of likely N-dealkylation sites (tertiary alicyclic amines) is 1. The van der Waals surface area contributed by atoms with Crippen LogP contribution in [0.25, 0.3) is 0 Å². The molecule has 0 N–H and O–H groups in total. The third-order valence-corrected chi connectivity index (χ3v) is 12.4. The van der Waals surface area contributed by atoms with Crippen LogP contribution in [0.5, 0.6) is 0 Å². The van der Waals surface area contributed by atoms with Crippen LogP contribution in [-0.4, -0.2) is 79.2 Å². The van der Waals surface area contributed by atoms with Gasteiger partial charge in [0.15, 0.2) is 11.9 Å². The van der Waals surface area contributed by atoms with Crippen molar-refractivity contribution in [2.75, 3.05) is 45.9 Å². The van der Waals surface area contributed by atoms with Crippen LogP contribution in [0.15, 0.2) is 24.4 Å². The molecule has 2 saturated heterocycles. The van der Waals surface area contributed by atoms with Crippen molar-refractivity contribution in [3.05, 3.63) is 24.4 Å². The quantitative estimate of drug-likeness (QED) is 0.272. The van der Waals surface area contributed by atoms with Gasteiger partial charge in [0.05, 0.1) is 38.5 Å². The number of ether oxygens (including phenoxy) is 2. The van der Waals surface area contributed by atoms with Crippen LogP contribution in [0.4, 0.5) is 0 Å². The van der Waals surface area contributed by atoms with Gasteiger partial charge >= 0.3 is 5.97 Å². The molecule has 0 bridgehead atoms. The summed E-state index contributed by atoms with van der Waals surface area (Å²) in [5, 5.41) is 0. The maximum atomic E-state index is 13.3. The average Bonchev–Trinajstić information content (AvgIpc) is 3.48. The minimum absolute atomic E-state index is 0. The van der Waals surface area contributed by atoms with Crippen LogP contribution >= 0.6 is 0 Å². The number of hydrogen-bond acceptors (Lipinski definition) is 5. The molecule has 0 spiro atoms. The second kappa shape index (κ2) is 10.9. The Kier molecular flexibility index (Phi) is 8.20. The van der Waals surface area contributed by atoms with E-state index in [0.29, 0.717) is 55.1 Å². The van der Waals surface area contributed by atoms with Gasteiger partial charge in [-0.1, -0.05) is 26.5 Å². The third kappa shape index (κ3) is 4.67. The van der Waals surface area contributed by atoms with E-state index in [1.54, 1.807) is 6.92 Å². The monoisotopic (exact) mass is 604 g/mol. The molecule has 6 rings (SSSR count). The summed E-state index contributed by atoms with van der Waals surface area (Å²) in [7, 11) is 0. The molecule has 3 saturated carbocycles. The van der Waals surface area contributed by atoms with Crippen LogP contribution in [0, 0.1) is 34.5 Å². The Labute approximate surface area is 245 Å². The highest BCUT2D eigenvalue weighted by molar-refractivity contribution is 5.96. The number of carbonyl (C=O) groups is 2. The van der Waals surface area contributed by atoms with Crippen molar-refractivity contribution in [2.45, 2.75) is 84.3 Å². The number of hydrogen-bond donors (Lipinski definition) is 0. The minimum atomic E-state index is -0.125. The fourth-order valence-electron chi connectivity index (χ4n) is 10.5. The molecule has 0 aromatic carbocycles. The molecule has 218 valence electrons. The van der Waals surface area contributed by atoms with Crippen LogP contribution in [-0.2, 0) is 19.1 Å². The van der Waals surface area contributed by atoms with Crippen LogP contribution in [0.3, 0.4) is 0 Å². The van der Waals surface area contributed by atoms with Gasteiger partial charge in [-0.25, -0.2) is 0 Å². The molecule has 8 unspecified atom stereocenters. The van der Waals surface area contributed by atoms with Crippen molar-refractivity contribution in [3.63, 3.8) is 0 Å². The lowest BCUT2D eigenvalue weighted by atomic mass is 9.46. The fraction of sp³-hybridized carbons (Fsp3) is 0.812. The molecule has 7 heteroatoms. The van der Waals surface area contributed by atoms with E-state index < -0.39 is 0 Å². The Morgan fingerprint density at radius 2 is 1.90 bits per heavy atom. The molecule has 2 heterocycles. The minimum Gasteiger partial charge on any atom is -1.00 e. The number of allylic oxidation sites excluding steroid dienone is 2. The first kappa shape index (κ1) is 29.3. The molecule has 0 amide bonds. The van der Waals surface area contributed by atoms with E-state index in [1.165, 1.54) is 32.4 Å². The Balaban J connectivity index is 0.00000308. The van der Waals surface area contributed by atoms with Gasteiger partial charge in [0.25, 0.3) is 0 Å². The number of ketones is 1. The molecule has 39 heavy (non-hydrogen) atoms. The second-order valence-corrected chi connectivity index (χ2v) is 14.0. The lowest BCUT2D eigenvalue weighted by Crippen LogP contribution is -3.00. The van der Waals surface area contributed by atoms with Crippen LogP contribution < -0.4 is 17.0 Å². The molecule has 6 aliphatic rings. The van der Waals surface area contributed by atoms with Crippen molar-refractivity contribution in [1.29, 1.82) is 0 Å². The molecule has 0 radical (unpaired) electrons. The summed E-state index contributed by atoms with van der Waals surface area (Å²) in [6, 6.07) is 0.367.